The lowest BCUT2D eigenvalue weighted by Gasteiger charge is -2.12. The Kier molecular flexibility index (Phi) is 6.20. The van der Waals surface area contributed by atoms with Crippen molar-refractivity contribution in [1.29, 1.82) is 0 Å². The number of aromatic nitrogens is 1. The molecule has 0 saturated carbocycles. The Hall–Kier alpha value is -2.29. The lowest BCUT2D eigenvalue weighted by atomic mass is 9.95. The number of Topliss-reactive ketones (excluding diaryl/α,β-unsaturated/α-hetero) is 1. The van der Waals surface area contributed by atoms with Crippen LogP contribution in [-0.2, 0) is 11.2 Å². The predicted molar refractivity (Wildman–Crippen MR) is 97.2 cm³/mol. The molecule has 27 heavy (non-hydrogen) atoms. The van der Waals surface area contributed by atoms with E-state index >= 15 is 0 Å². The number of carbonyl (C=O) groups is 1. The van der Waals surface area contributed by atoms with Gasteiger partial charge in [0.05, 0.1) is 13.2 Å². The van der Waals surface area contributed by atoms with Gasteiger partial charge in [-0.2, -0.15) is 0 Å². The Labute approximate surface area is 158 Å². The SMILES string of the molecule is CSc1ccc(Cc2c(C(=O)COCCO)cc3ocnc3c2F)c(F)c1. The van der Waals surface area contributed by atoms with Crippen molar-refractivity contribution in [2.45, 2.75) is 11.3 Å². The van der Waals surface area contributed by atoms with Gasteiger partial charge in [0.15, 0.2) is 23.6 Å². The number of fused-ring (bicyclic) bond motifs is 1. The van der Waals surface area contributed by atoms with Crippen LogP contribution in [0.1, 0.15) is 21.5 Å². The molecule has 2 aromatic carbocycles. The molecule has 8 heteroatoms. The first-order valence-electron chi connectivity index (χ1n) is 8.14. The zero-order valence-corrected chi connectivity index (χ0v) is 15.3. The standard InChI is InChI=1S/C19H17F2NO4S/c1-27-12-3-2-11(15(20)7-12)6-14-13(16(24)9-25-5-4-23)8-17-19(18(14)21)22-10-26-17/h2-3,7-8,10,23H,4-6,9H2,1H3. The van der Waals surface area contributed by atoms with Crippen molar-refractivity contribution in [1.82, 2.24) is 4.98 Å². The second-order valence-electron chi connectivity index (χ2n) is 5.75. The van der Waals surface area contributed by atoms with Gasteiger partial charge in [0.25, 0.3) is 0 Å². The Morgan fingerprint density at radius 3 is 2.85 bits per heavy atom. The molecule has 0 fully saturated rings. The first kappa shape index (κ1) is 19.5. The van der Waals surface area contributed by atoms with Crippen LogP contribution >= 0.6 is 11.8 Å². The Bertz CT molecular complexity index is 974. The molecular formula is C19H17F2NO4S. The zero-order chi connectivity index (χ0) is 19.4. The summed E-state index contributed by atoms with van der Waals surface area (Å²) in [6, 6.07) is 6.07. The van der Waals surface area contributed by atoms with Crippen LogP contribution in [0.15, 0.2) is 40.0 Å². The van der Waals surface area contributed by atoms with Crippen LogP contribution in [-0.4, -0.2) is 42.0 Å². The fourth-order valence-corrected chi connectivity index (χ4v) is 3.14. The first-order chi connectivity index (χ1) is 13.0. The van der Waals surface area contributed by atoms with Gasteiger partial charge < -0.3 is 14.3 Å². The number of hydrogen-bond donors (Lipinski definition) is 1. The summed E-state index contributed by atoms with van der Waals surface area (Å²) in [6.45, 7) is -0.581. The van der Waals surface area contributed by atoms with Crippen molar-refractivity contribution in [3.8, 4) is 0 Å². The monoisotopic (exact) mass is 393 g/mol. The van der Waals surface area contributed by atoms with Gasteiger partial charge in [-0.05, 0) is 30.0 Å². The molecule has 1 N–H and O–H groups in total. The molecule has 0 bridgehead atoms. The third-order valence-electron chi connectivity index (χ3n) is 4.06. The number of carbonyl (C=O) groups excluding carboxylic acids is 1. The van der Waals surface area contributed by atoms with Gasteiger partial charge in [0.2, 0.25) is 0 Å². The van der Waals surface area contributed by atoms with E-state index in [0.29, 0.717) is 0 Å². The quantitative estimate of drug-likeness (QED) is 0.358. The molecule has 3 rings (SSSR count). The third kappa shape index (κ3) is 4.18. The summed E-state index contributed by atoms with van der Waals surface area (Å²) >= 11 is 1.40. The molecule has 142 valence electrons. The maximum absolute atomic E-state index is 15.0. The molecule has 0 spiro atoms. The molecule has 0 saturated heterocycles. The summed E-state index contributed by atoms with van der Waals surface area (Å²) in [5, 5.41) is 8.77. The molecule has 0 atom stereocenters. The van der Waals surface area contributed by atoms with Crippen LogP contribution < -0.4 is 0 Å². The van der Waals surface area contributed by atoms with E-state index in [4.69, 9.17) is 14.3 Å². The number of ketones is 1. The lowest BCUT2D eigenvalue weighted by molar-refractivity contribution is 0.0662. The lowest BCUT2D eigenvalue weighted by Crippen LogP contribution is -2.15. The van der Waals surface area contributed by atoms with E-state index in [1.807, 2.05) is 6.26 Å². The molecule has 5 nitrogen and oxygen atoms in total. The largest absolute Gasteiger partial charge is 0.443 e. The average molecular weight is 393 g/mol. The summed E-state index contributed by atoms with van der Waals surface area (Å²) in [6.07, 6.45) is 2.80. The van der Waals surface area contributed by atoms with E-state index in [2.05, 4.69) is 4.98 Å². The van der Waals surface area contributed by atoms with Gasteiger partial charge in [-0.1, -0.05) is 6.07 Å². The van der Waals surface area contributed by atoms with Crippen LogP contribution in [0, 0.1) is 11.6 Å². The second kappa shape index (κ2) is 8.60. The minimum Gasteiger partial charge on any atom is -0.443 e. The van der Waals surface area contributed by atoms with Crippen molar-refractivity contribution in [3.63, 3.8) is 0 Å². The summed E-state index contributed by atoms with van der Waals surface area (Å²) < 4.78 is 39.5. The summed E-state index contributed by atoms with van der Waals surface area (Å²) in [5.41, 5.74) is 0.451. The van der Waals surface area contributed by atoms with Crippen LogP contribution in [0.5, 0.6) is 0 Å². The van der Waals surface area contributed by atoms with Gasteiger partial charge in [0, 0.05) is 22.4 Å². The molecule has 0 amide bonds. The van der Waals surface area contributed by atoms with E-state index in [1.165, 1.54) is 23.9 Å². The van der Waals surface area contributed by atoms with Crippen molar-refractivity contribution < 1.29 is 27.8 Å². The highest BCUT2D eigenvalue weighted by Crippen LogP contribution is 2.28. The number of oxazole rings is 1. The minimum absolute atomic E-state index is 0.0148. The molecule has 3 aromatic rings. The van der Waals surface area contributed by atoms with Crippen molar-refractivity contribution >= 4 is 28.6 Å². The van der Waals surface area contributed by atoms with Gasteiger partial charge in [0.1, 0.15) is 17.9 Å². The summed E-state index contributed by atoms with van der Waals surface area (Å²) in [5.74, 6) is -1.69. The number of aliphatic hydroxyl groups is 1. The predicted octanol–water partition coefficient (Wildman–Crippen LogP) is 3.61. The molecular weight excluding hydrogens is 376 g/mol. The highest BCUT2D eigenvalue weighted by Gasteiger charge is 2.22. The fourth-order valence-electron chi connectivity index (χ4n) is 2.72. The van der Waals surface area contributed by atoms with E-state index in [-0.39, 0.29) is 54.0 Å². The second-order valence-corrected chi connectivity index (χ2v) is 6.63. The van der Waals surface area contributed by atoms with E-state index < -0.39 is 17.4 Å². The Morgan fingerprint density at radius 2 is 2.15 bits per heavy atom. The van der Waals surface area contributed by atoms with Crippen molar-refractivity contribution in [2.24, 2.45) is 0 Å². The number of halogens is 2. The molecule has 0 aliphatic heterocycles. The van der Waals surface area contributed by atoms with Gasteiger partial charge >= 0.3 is 0 Å². The zero-order valence-electron chi connectivity index (χ0n) is 14.5. The van der Waals surface area contributed by atoms with Gasteiger partial charge in [-0.3, -0.25) is 4.79 Å². The number of ether oxygens (including phenoxy) is 1. The number of rotatable bonds is 8. The normalized spacial score (nSPS) is 11.3. The highest BCUT2D eigenvalue weighted by atomic mass is 32.2. The maximum atomic E-state index is 15.0. The summed E-state index contributed by atoms with van der Waals surface area (Å²) in [4.78, 5) is 17.1. The molecule has 1 aromatic heterocycles. The maximum Gasteiger partial charge on any atom is 0.188 e. The van der Waals surface area contributed by atoms with Crippen LogP contribution in [0.4, 0.5) is 8.78 Å². The highest BCUT2D eigenvalue weighted by molar-refractivity contribution is 7.98. The smallest absolute Gasteiger partial charge is 0.188 e. The number of hydrogen-bond acceptors (Lipinski definition) is 6. The van der Waals surface area contributed by atoms with Gasteiger partial charge in [-0.25, -0.2) is 13.8 Å². The fraction of sp³-hybridized carbons (Fsp3) is 0.263. The Morgan fingerprint density at radius 1 is 1.33 bits per heavy atom. The number of aliphatic hydroxyl groups excluding tert-OH is 1. The van der Waals surface area contributed by atoms with E-state index in [0.717, 1.165) is 11.3 Å². The summed E-state index contributed by atoms with van der Waals surface area (Å²) in [7, 11) is 0. The first-order valence-corrected chi connectivity index (χ1v) is 9.36. The minimum atomic E-state index is -0.722. The topological polar surface area (TPSA) is 72.6 Å². The Balaban J connectivity index is 2.02. The number of benzene rings is 2. The van der Waals surface area contributed by atoms with Crippen molar-refractivity contribution in [3.05, 3.63) is 59.0 Å². The van der Waals surface area contributed by atoms with Crippen LogP contribution in [0.3, 0.4) is 0 Å². The van der Waals surface area contributed by atoms with Crippen LogP contribution in [0.2, 0.25) is 0 Å². The number of nitrogens with zero attached hydrogens (tertiary/aromatic N) is 1. The van der Waals surface area contributed by atoms with E-state index in [1.54, 1.807) is 12.1 Å². The van der Waals surface area contributed by atoms with Gasteiger partial charge in [-0.15, -0.1) is 11.8 Å². The molecule has 0 aliphatic carbocycles. The molecule has 0 aliphatic rings. The number of thioether (sulfide) groups is 1. The van der Waals surface area contributed by atoms with E-state index in [9.17, 15) is 13.6 Å². The van der Waals surface area contributed by atoms with Crippen molar-refractivity contribution in [2.75, 3.05) is 26.1 Å². The third-order valence-corrected chi connectivity index (χ3v) is 4.79. The molecule has 0 radical (unpaired) electrons. The molecule has 1 heterocycles. The van der Waals surface area contributed by atoms with Crippen LogP contribution in [0.25, 0.3) is 11.1 Å². The average Bonchev–Trinajstić information content (AvgIpc) is 3.14. The molecule has 0 unspecified atom stereocenters.